The summed E-state index contributed by atoms with van der Waals surface area (Å²) in [5, 5.41) is 4.50. The van der Waals surface area contributed by atoms with Crippen molar-refractivity contribution in [2.75, 3.05) is 5.32 Å². The van der Waals surface area contributed by atoms with Gasteiger partial charge in [-0.25, -0.2) is 0 Å². The molecule has 100 valence electrons. The van der Waals surface area contributed by atoms with E-state index >= 15 is 0 Å². The summed E-state index contributed by atoms with van der Waals surface area (Å²) in [6.45, 7) is 0. The van der Waals surface area contributed by atoms with Crippen LogP contribution >= 0.6 is 11.6 Å². The number of nitrogens with one attached hydrogen (secondary N) is 1. The largest absolute Gasteiger partial charge is 0.378 e. The molecule has 0 saturated heterocycles. The lowest BCUT2D eigenvalue weighted by Crippen LogP contribution is -2.29. The first kappa shape index (κ1) is 12.0. The fourth-order valence-electron chi connectivity index (χ4n) is 3.47. The van der Waals surface area contributed by atoms with Crippen LogP contribution in [0.1, 0.15) is 29.5 Å². The molecule has 0 unspecified atom stereocenters. The van der Waals surface area contributed by atoms with E-state index in [-0.39, 0.29) is 0 Å². The second kappa shape index (κ2) is 4.64. The first-order chi connectivity index (χ1) is 9.83. The summed E-state index contributed by atoms with van der Waals surface area (Å²) in [4.78, 5) is 4.12. The lowest BCUT2D eigenvalue weighted by atomic mass is 9.77. The van der Waals surface area contributed by atoms with Gasteiger partial charge in [-0.3, -0.25) is 4.98 Å². The molecule has 3 heteroatoms. The van der Waals surface area contributed by atoms with E-state index in [1.165, 1.54) is 16.8 Å². The number of hydrogen-bond acceptors (Lipinski definition) is 2. The highest BCUT2D eigenvalue weighted by Gasteiger charge is 2.37. The Bertz CT molecular complexity index is 666. The van der Waals surface area contributed by atoms with Crippen molar-refractivity contribution >= 4 is 17.3 Å². The van der Waals surface area contributed by atoms with Gasteiger partial charge in [0.1, 0.15) is 0 Å². The van der Waals surface area contributed by atoms with E-state index in [9.17, 15) is 0 Å². The minimum Gasteiger partial charge on any atom is -0.378 e. The van der Waals surface area contributed by atoms with E-state index in [2.05, 4.69) is 46.7 Å². The Morgan fingerprint density at radius 3 is 2.85 bits per heavy atom. The first-order valence-electron chi connectivity index (χ1n) is 6.95. The molecule has 1 aromatic carbocycles. The van der Waals surface area contributed by atoms with Gasteiger partial charge in [0, 0.05) is 29.0 Å². The standard InChI is InChI=1S/C17H15ClN2/c18-12-4-5-16-15(10-12)13-2-1-3-14(13)17(20-16)11-6-8-19-9-7-11/h1-2,4-10,13-14,17,20H,3H2/t13-,14+,17-/m0/s1. The Hall–Kier alpha value is -1.80. The monoisotopic (exact) mass is 282 g/mol. The molecule has 20 heavy (non-hydrogen) atoms. The van der Waals surface area contributed by atoms with E-state index in [4.69, 9.17) is 11.6 Å². The zero-order valence-electron chi connectivity index (χ0n) is 11.0. The molecule has 4 rings (SSSR count). The second-order valence-electron chi connectivity index (χ2n) is 5.49. The van der Waals surface area contributed by atoms with Gasteiger partial charge < -0.3 is 5.32 Å². The van der Waals surface area contributed by atoms with E-state index in [0.717, 1.165) is 11.4 Å². The van der Waals surface area contributed by atoms with Gasteiger partial charge in [-0.15, -0.1) is 0 Å². The number of aromatic nitrogens is 1. The summed E-state index contributed by atoms with van der Waals surface area (Å²) >= 11 is 6.16. The molecule has 3 atom stereocenters. The SMILES string of the molecule is Clc1ccc2c(c1)[C@H]1C=CC[C@H]1[C@H](c1ccncc1)N2. The van der Waals surface area contributed by atoms with Gasteiger partial charge in [0.05, 0.1) is 6.04 Å². The quantitative estimate of drug-likeness (QED) is 0.776. The maximum atomic E-state index is 6.16. The summed E-state index contributed by atoms with van der Waals surface area (Å²) in [5.41, 5.74) is 3.82. The van der Waals surface area contributed by atoms with Crippen molar-refractivity contribution in [3.63, 3.8) is 0 Å². The third-order valence-corrected chi connectivity index (χ3v) is 4.63. The zero-order valence-corrected chi connectivity index (χ0v) is 11.7. The van der Waals surface area contributed by atoms with Crippen molar-refractivity contribution < 1.29 is 0 Å². The average molecular weight is 283 g/mol. The normalized spacial score (nSPS) is 26.8. The van der Waals surface area contributed by atoms with Crippen LogP contribution < -0.4 is 5.32 Å². The number of anilines is 1. The number of fused-ring (bicyclic) bond motifs is 3. The van der Waals surface area contributed by atoms with Crippen molar-refractivity contribution in [1.82, 2.24) is 4.98 Å². The van der Waals surface area contributed by atoms with Gasteiger partial charge >= 0.3 is 0 Å². The molecular formula is C17H15ClN2. The predicted molar refractivity (Wildman–Crippen MR) is 82.0 cm³/mol. The van der Waals surface area contributed by atoms with Crippen LogP contribution in [0.25, 0.3) is 0 Å². The van der Waals surface area contributed by atoms with Crippen LogP contribution in [0.5, 0.6) is 0 Å². The molecule has 1 aromatic heterocycles. The Morgan fingerprint density at radius 1 is 1.15 bits per heavy atom. The third kappa shape index (κ3) is 1.83. The van der Waals surface area contributed by atoms with Crippen LogP contribution in [0.15, 0.2) is 54.9 Å². The van der Waals surface area contributed by atoms with Gasteiger partial charge in [0.25, 0.3) is 0 Å². The van der Waals surface area contributed by atoms with Crippen molar-refractivity contribution in [3.8, 4) is 0 Å². The topological polar surface area (TPSA) is 24.9 Å². The van der Waals surface area contributed by atoms with E-state index in [0.29, 0.717) is 17.9 Å². The molecule has 0 radical (unpaired) electrons. The number of nitrogens with zero attached hydrogens (tertiary/aromatic N) is 1. The van der Waals surface area contributed by atoms with Gasteiger partial charge in [-0.05, 0) is 53.8 Å². The summed E-state index contributed by atoms with van der Waals surface area (Å²) in [5.74, 6) is 1.02. The molecule has 0 fully saturated rings. The Balaban J connectivity index is 1.80. The summed E-state index contributed by atoms with van der Waals surface area (Å²) in [7, 11) is 0. The Labute approximate surface area is 123 Å². The van der Waals surface area contributed by atoms with Crippen LogP contribution in [0, 0.1) is 5.92 Å². The number of allylic oxidation sites excluding steroid dienone is 2. The van der Waals surface area contributed by atoms with E-state index in [1.54, 1.807) is 0 Å². The third-order valence-electron chi connectivity index (χ3n) is 4.39. The number of rotatable bonds is 1. The maximum Gasteiger partial charge on any atom is 0.0555 e. The molecule has 2 heterocycles. The van der Waals surface area contributed by atoms with Crippen LogP contribution in [0.3, 0.4) is 0 Å². The average Bonchev–Trinajstić information content (AvgIpc) is 2.97. The van der Waals surface area contributed by atoms with Crippen LogP contribution in [-0.4, -0.2) is 4.98 Å². The van der Waals surface area contributed by atoms with Crippen molar-refractivity contribution in [2.24, 2.45) is 5.92 Å². The van der Waals surface area contributed by atoms with Crippen LogP contribution in [-0.2, 0) is 0 Å². The van der Waals surface area contributed by atoms with E-state index < -0.39 is 0 Å². The van der Waals surface area contributed by atoms with Crippen molar-refractivity contribution in [1.29, 1.82) is 0 Å². The van der Waals surface area contributed by atoms with Crippen molar-refractivity contribution in [3.05, 3.63) is 71.0 Å². The Morgan fingerprint density at radius 2 is 2.00 bits per heavy atom. The number of halogens is 1. The molecule has 0 bridgehead atoms. The molecule has 2 nitrogen and oxygen atoms in total. The fourth-order valence-corrected chi connectivity index (χ4v) is 3.65. The molecule has 2 aromatic rings. The zero-order chi connectivity index (χ0) is 13.5. The molecule has 0 spiro atoms. The molecule has 2 aliphatic rings. The molecule has 0 saturated carbocycles. The molecular weight excluding hydrogens is 268 g/mol. The summed E-state index contributed by atoms with van der Waals surface area (Å²) < 4.78 is 0. The van der Waals surface area contributed by atoms with Gasteiger partial charge in [-0.1, -0.05) is 23.8 Å². The molecule has 0 amide bonds. The molecule has 1 N–H and O–H groups in total. The smallest absolute Gasteiger partial charge is 0.0555 e. The van der Waals surface area contributed by atoms with E-state index in [1.807, 2.05) is 18.5 Å². The lowest BCUT2D eigenvalue weighted by Gasteiger charge is -2.37. The number of pyridine rings is 1. The fraction of sp³-hybridized carbons (Fsp3) is 0.235. The summed E-state index contributed by atoms with van der Waals surface area (Å²) in [6.07, 6.45) is 9.46. The minimum atomic E-state index is 0.340. The maximum absolute atomic E-state index is 6.16. The lowest BCUT2D eigenvalue weighted by molar-refractivity contribution is 0.425. The minimum absolute atomic E-state index is 0.340. The number of hydrogen-bond donors (Lipinski definition) is 1. The first-order valence-corrected chi connectivity index (χ1v) is 7.33. The highest BCUT2D eigenvalue weighted by atomic mass is 35.5. The van der Waals surface area contributed by atoms with Gasteiger partial charge in [0.15, 0.2) is 0 Å². The Kier molecular flexibility index (Phi) is 2.78. The predicted octanol–water partition coefficient (Wildman–Crippen LogP) is 4.56. The molecule has 1 aliphatic heterocycles. The number of benzene rings is 1. The van der Waals surface area contributed by atoms with Crippen LogP contribution in [0.4, 0.5) is 5.69 Å². The van der Waals surface area contributed by atoms with Crippen molar-refractivity contribution in [2.45, 2.75) is 18.4 Å². The second-order valence-corrected chi connectivity index (χ2v) is 5.92. The summed E-state index contributed by atoms with van der Waals surface area (Å²) in [6, 6.07) is 10.7. The van der Waals surface area contributed by atoms with Gasteiger partial charge in [-0.2, -0.15) is 0 Å². The van der Waals surface area contributed by atoms with Crippen LogP contribution in [0.2, 0.25) is 5.02 Å². The van der Waals surface area contributed by atoms with Gasteiger partial charge in [0.2, 0.25) is 0 Å². The molecule has 1 aliphatic carbocycles. The highest BCUT2D eigenvalue weighted by molar-refractivity contribution is 6.30. The highest BCUT2D eigenvalue weighted by Crippen LogP contribution is 2.50.